The number of nitrogens with zero attached hydrogens (tertiary/aromatic N) is 1. The monoisotopic (exact) mass is 193 g/mol. The fourth-order valence-electron chi connectivity index (χ4n) is 3.55. The predicted octanol–water partition coefficient (Wildman–Crippen LogP) is 2.62. The van der Waals surface area contributed by atoms with Crippen LogP contribution in [0.25, 0.3) is 0 Å². The first-order valence-electron chi connectivity index (χ1n) is 5.80. The molecule has 1 spiro atoms. The molecule has 2 rings (SSSR count). The van der Waals surface area contributed by atoms with Crippen molar-refractivity contribution in [2.75, 3.05) is 0 Å². The fraction of sp³-hybridized carbons (Fsp3) is 0.917. The average Bonchev–Trinajstić information content (AvgIpc) is 2.69. The van der Waals surface area contributed by atoms with E-state index in [2.05, 4.69) is 6.07 Å². The lowest BCUT2D eigenvalue weighted by Crippen LogP contribution is -2.60. The summed E-state index contributed by atoms with van der Waals surface area (Å²) in [7, 11) is 0. The molecule has 2 unspecified atom stereocenters. The fourth-order valence-corrected chi connectivity index (χ4v) is 3.55. The molecule has 2 aliphatic rings. The van der Waals surface area contributed by atoms with Crippen LogP contribution in [0.1, 0.15) is 51.9 Å². The second-order valence-electron chi connectivity index (χ2n) is 5.00. The van der Waals surface area contributed by atoms with Crippen LogP contribution in [0.3, 0.4) is 0 Å². The van der Waals surface area contributed by atoms with E-state index in [1.165, 1.54) is 12.8 Å². The van der Waals surface area contributed by atoms with E-state index >= 15 is 0 Å². The van der Waals surface area contributed by atoms with Crippen LogP contribution in [0.15, 0.2) is 0 Å². The molecule has 2 aliphatic carbocycles. The van der Waals surface area contributed by atoms with Gasteiger partial charge in [0.1, 0.15) is 0 Å². The zero-order valence-corrected chi connectivity index (χ0v) is 8.92. The van der Waals surface area contributed by atoms with E-state index in [0.717, 1.165) is 32.1 Å². The quantitative estimate of drug-likeness (QED) is 0.732. The minimum absolute atomic E-state index is 0.128. The maximum Gasteiger partial charge on any atom is 0.0861 e. The van der Waals surface area contributed by atoms with Crippen LogP contribution in [0.5, 0.6) is 0 Å². The van der Waals surface area contributed by atoms with Gasteiger partial charge in [-0.3, -0.25) is 0 Å². The Hall–Kier alpha value is -0.550. The first kappa shape index (κ1) is 9.98. The summed E-state index contributed by atoms with van der Waals surface area (Å²) in [5, 5.41) is 19.7. The van der Waals surface area contributed by atoms with E-state index in [0.29, 0.717) is 0 Å². The Kier molecular flexibility index (Phi) is 2.31. The highest BCUT2D eigenvalue weighted by atomic mass is 16.3. The van der Waals surface area contributed by atoms with Crippen LogP contribution in [0.4, 0.5) is 0 Å². The van der Waals surface area contributed by atoms with Crippen molar-refractivity contribution in [3.05, 3.63) is 0 Å². The highest BCUT2D eigenvalue weighted by Gasteiger charge is 2.61. The Balaban J connectivity index is 2.20. The van der Waals surface area contributed by atoms with E-state index in [4.69, 9.17) is 5.26 Å². The molecule has 0 bridgehead atoms. The molecule has 2 nitrogen and oxygen atoms in total. The van der Waals surface area contributed by atoms with Gasteiger partial charge in [0.25, 0.3) is 0 Å². The highest BCUT2D eigenvalue weighted by Crippen LogP contribution is 2.62. The largest absolute Gasteiger partial charge is 0.388 e. The molecule has 0 heterocycles. The van der Waals surface area contributed by atoms with Crippen molar-refractivity contribution in [2.45, 2.75) is 57.5 Å². The summed E-state index contributed by atoms with van der Waals surface area (Å²) in [6.07, 6.45) is 7.53. The first-order valence-corrected chi connectivity index (χ1v) is 5.80. The highest BCUT2D eigenvalue weighted by molar-refractivity contribution is 5.16. The molecule has 0 aliphatic heterocycles. The molecule has 1 N–H and O–H groups in total. The summed E-state index contributed by atoms with van der Waals surface area (Å²) < 4.78 is 0. The smallest absolute Gasteiger partial charge is 0.0861 e. The molecule has 78 valence electrons. The normalized spacial score (nSPS) is 36.4. The molecule has 0 aromatic heterocycles. The lowest BCUT2D eigenvalue weighted by atomic mass is 9.51. The van der Waals surface area contributed by atoms with Gasteiger partial charge < -0.3 is 5.11 Å². The van der Waals surface area contributed by atoms with Gasteiger partial charge in [-0.15, -0.1) is 0 Å². The zero-order chi connectivity index (χ0) is 10.2. The van der Waals surface area contributed by atoms with Crippen molar-refractivity contribution in [1.29, 1.82) is 5.26 Å². The molecule has 0 aromatic rings. The molecule has 2 fully saturated rings. The molecule has 14 heavy (non-hydrogen) atoms. The summed E-state index contributed by atoms with van der Waals surface area (Å²) in [4.78, 5) is 0. The third-order valence-corrected chi connectivity index (χ3v) is 4.60. The van der Waals surface area contributed by atoms with E-state index in [1.807, 2.05) is 6.92 Å². The molecular weight excluding hydrogens is 174 g/mol. The Morgan fingerprint density at radius 3 is 2.29 bits per heavy atom. The topological polar surface area (TPSA) is 44.0 Å². The van der Waals surface area contributed by atoms with Crippen LogP contribution in [-0.4, -0.2) is 10.7 Å². The maximum absolute atomic E-state index is 10.6. The average molecular weight is 193 g/mol. The molecule has 0 saturated heterocycles. The van der Waals surface area contributed by atoms with Crippen LogP contribution in [-0.2, 0) is 0 Å². The van der Waals surface area contributed by atoms with E-state index in [1.54, 1.807) is 0 Å². The number of aliphatic hydroxyl groups is 1. The number of hydrogen-bond donors (Lipinski definition) is 1. The number of rotatable bonds is 2. The molecule has 2 saturated carbocycles. The van der Waals surface area contributed by atoms with E-state index < -0.39 is 5.60 Å². The number of nitriles is 1. The van der Waals surface area contributed by atoms with Gasteiger partial charge in [0.2, 0.25) is 0 Å². The van der Waals surface area contributed by atoms with Crippen molar-refractivity contribution >= 4 is 0 Å². The second-order valence-corrected chi connectivity index (χ2v) is 5.00. The summed E-state index contributed by atoms with van der Waals surface area (Å²) in [6, 6.07) is 2.30. The van der Waals surface area contributed by atoms with Gasteiger partial charge in [0.15, 0.2) is 0 Å². The molecule has 0 aromatic carbocycles. The van der Waals surface area contributed by atoms with Gasteiger partial charge >= 0.3 is 0 Å². The lowest BCUT2D eigenvalue weighted by molar-refractivity contribution is -0.188. The van der Waals surface area contributed by atoms with Crippen LogP contribution in [0, 0.1) is 22.7 Å². The molecular formula is C12H19NO. The lowest BCUT2D eigenvalue weighted by Gasteiger charge is -2.57. The van der Waals surface area contributed by atoms with Gasteiger partial charge in [-0.25, -0.2) is 0 Å². The standard InChI is InChI=1S/C12H19NO/c1-2-10(9-13)12(14)8-7-11(12)5-3-4-6-11/h10,14H,2-8H2,1H3. The third kappa shape index (κ3) is 1.05. The summed E-state index contributed by atoms with van der Waals surface area (Å²) >= 11 is 0. The Morgan fingerprint density at radius 1 is 1.29 bits per heavy atom. The molecule has 2 heteroatoms. The zero-order valence-electron chi connectivity index (χ0n) is 8.92. The predicted molar refractivity (Wildman–Crippen MR) is 54.5 cm³/mol. The van der Waals surface area contributed by atoms with Crippen LogP contribution < -0.4 is 0 Å². The molecule has 2 atom stereocenters. The Morgan fingerprint density at radius 2 is 1.93 bits per heavy atom. The van der Waals surface area contributed by atoms with Gasteiger partial charge in [-0.05, 0) is 32.1 Å². The van der Waals surface area contributed by atoms with Crippen molar-refractivity contribution in [3.63, 3.8) is 0 Å². The van der Waals surface area contributed by atoms with Crippen molar-refractivity contribution < 1.29 is 5.11 Å². The van der Waals surface area contributed by atoms with E-state index in [-0.39, 0.29) is 11.3 Å². The van der Waals surface area contributed by atoms with Crippen molar-refractivity contribution in [1.82, 2.24) is 0 Å². The van der Waals surface area contributed by atoms with Crippen LogP contribution >= 0.6 is 0 Å². The first-order chi connectivity index (χ1) is 6.68. The number of hydrogen-bond acceptors (Lipinski definition) is 2. The maximum atomic E-state index is 10.6. The minimum atomic E-state index is -0.646. The molecule has 0 radical (unpaired) electrons. The third-order valence-electron chi connectivity index (χ3n) is 4.60. The summed E-state index contributed by atoms with van der Waals surface area (Å²) in [5.41, 5.74) is -0.517. The van der Waals surface area contributed by atoms with Gasteiger partial charge in [-0.1, -0.05) is 19.8 Å². The van der Waals surface area contributed by atoms with Gasteiger partial charge in [0.05, 0.1) is 17.6 Å². The van der Waals surface area contributed by atoms with Crippen LogP contribution in [0.2, 0.25) is 0 Å². The summed E-state index contributed by atoms with van der Waals surface area (Å²) in [5.74, 6) is -0.144. The van der Waals surface area contributed by atoms with Gasteiger partial charge in [0, 0.05) is 5.41 Å². The van der Waals surface area contributed by atoms with E-state index in [9.17, 15) is 5.11 Å². The van der Waals surface area contributed by atoms with Crippen molar-refractivity contribution in [3.8, 4) is 6.07 Å². The molecule has 0 amide bonds. The minimum Gasteiger partial charge on any atom is -0.388 e. The Labute approximate surface area is 85.9 Å². The van der Waals surface area contributed by atoms with Crippen molar-refractivity contribution in [2.24, 2.45) is 11.3 Å². The SMILES string of the molecule is CCC(C#N)C1(O)CCC12CCCC2. The Bertz CT molecular complexity index is 262. The second kappa shape index (κ2) is 3.24. The summed E-state index contributed by atoms with van der Waals surface area (Å²) in [6.45, 7) is 2.01. The van der Waals surface area contributed by atoms with Gasteiger partial charge in [-0.2, -0.15) is 5.26 Å².